The summed E-state index contributed by atoms with van der Waals surface area (Å²) in [7, 11) is 0. The maximum atomic E-state index is 5.98. The molecule has 2 heterocycles. The number of benzene rings is 1. The van der Waals surface area contributed by atoms with Crippen LogP contribution in [0.4, 0.5) is 0 Å². The molecule has 1 N–H and O–H groups in total. The summed E-state index contributed by atoms with van der Waals surface area (Å²) in [5.74, 6) is 0.763. The van der Waals surface area contributed by atoms with Gasteiger partial charge in [0, 0.05) is 18.0 Å². The highest BCUT2D eigenvalue weighted by atomic mass is 35.5. The summed E-state index contributed by atoms with van der Waals surface area (Å²) in [6.45, 7) is 1.99. The molecule has 3 rings (SSSR count). The molecule has 0 aliphatic carbocycles. The van der Waals surface area contributed by atoms with Gasteiger partial charge in [0.1, 0.15) is 5.82 Å². The Morgan fingerprint density at radius 1 is 1.06 bits per heavy atom. The SMILES string of the molecule is Cc1cncc(-c2nc3cc(Cl)c(Cl)cc3[nH]2)c1. The summed E-state index contributed by atoms with van der Waals surface area (Å²) in [5, 5.41) is 1.02. The van der Waals surface area contributed by atoms with E-state index >= 15 is 0 Å². The maximum absolute atomic E-state index is 5.98. The molecule has 3 nitrogen and oxygen atoms in total. The number of fused-ring (bicyclic) bond motifs is 1. The zero-order valence-electron chi connectivity index (χ0n) is 9.54. The average Bonchev–Trinajstić information content (AvgIpc) is 2.73. The second-order valence-electron chi connectivity index (χ2n) is 4.12. The van der Waals surface area contributed by atoms with Crippen molar-refractivity contribution in [1.82, 2.24) is 15.0 Å². The summed E-state index contributed by atoms with van der Waals surface area (Å²) in [6, 6.07) is 5.55. The molecule has 0 saturated heterocycles. The Bertz CT molecular complexity index is 695. The Labute approximate surface area is 114 Å². The lowest BCUT2D eigenvalue weighted by molar-refractivity contribution is 1.24. The third-order valence-corrected chi connectivity index (χ3v) is 3.39. The number of aryl methyl sites for hydroxylation is 1. The van der Waals surface area contributed by atoms with Crippen molar-refractivity contribution >= 4 is 34.2 Å². The van der Waals surface area contributed by atoms with Gasteiger partial charge in [-0.1, -0.05) is 23.2 Å². The van der Waals surface area contributed by atoms with Gasteiger partial charge in [-0.3, -0.25) is 4.98 Å². The van der Waals surface area contributed by atoms with E-state index in [1.165, 1.54) is 0 Å². The molecule has 90 valence electrons. The molecule has 2 aromatic heterocycles. The second-order valence-corrected chi connectivity index (χ2v) is 4.93. The molecule has 0 amide bonds. The first-order chi connectivity index (χ1) is 8.63. The number of hydrogen-bond donors (Lipinski definition) is 1. The van der Waals surface area contributed by atoms with Crippen molar-refractivity contribution in [2.45, 2.75) is 6.92 Å². The number of hydrogen-bond acceptors (Lipinski definition) is 2. The van der Waals surface area contributed by atoms with Crippen molar-refractivity contribution in [2.24, 2.45) is 0 Å². The Hall–Kier alpha value is -1.58. The number of imidazole rings is 1. The van der Waals surface area contributed by atoms with E-state index in [2.05, 4.69) is 15.0 Å². The molecular formula is C13H9Cl2N3. The predicted octanol–water partition coefficient (Wildman–Crippen LogP) is 4.24. The molecule has 0 spiro atoms. The molecule has 0 fully saturated rings. The minimum absolute atomic E-state index is 0.504. The lowest BCUT2D eigenvalue weighted by Crippen LogP contribution is -1.83. The Morgan fingerprint density at radius 3 is 2.61 bits per heavy atom. The summed E-state index contributed by atoms with van der Waals surface area (Å²) in [5.41, 5.74) is 3.68. The van der Waals surface area contributed by atoms with Gasteiger partial charge < -0.3 is 4.98 Å². The summed E-state index contributed by atoms with van der Waals surface area (Å²) in [4.78, 5) is 11.9. The molecule has 0 atom stereocenters. The third kappa shape index (κ3) is 1.96. The zero-order valence-corrected chi connectivity index (χ0v) is 11.0. The van der Waals surface area contributed by atoms with E-state index in [-0.39, 0.29) is 0 Å². The van der Waals surface area contributed by atoms with Crippen molar-refractivity contribution in [3.8, 4) is 11.4 Å². The van der Waals surface area contributed by atoms with E-state index < -0.39 is 0 Å². The minimum Gasteiger partial charge on any atom is -0.338 e. The molecule has 0 aliphatic heterocycles. The first-order valence-electron chi connectivity index (χ1n) is 5.40. The number of aromatic nitrogens is 3. The lowest BCUT2D eigenvalue weighted by atomic mass is 10.2. The van der Waals surface area contributed by atoms with Gasteiger partial charge in [-0.05, 0) is 30.7 Å². The van der Waals surface area contributed by atoms with E-state index in [0.717, 1.165) is 28.0 Å². The molecule has 0 aliphatic rings. The van der Waals surface area contributed by atoms with Crippen molar-refractivity contribution in [3.05, 3.63) is 46.2 Å². The van der Waals surface area contributed by atoms with Crippen LogP contribution >= 0.6 is 23.2 Å². The monoisotopic (exact) mass is 277 g/mol. The van der Waals surface area contributed by atoms with Crippen LogP contribution in [0.3, 0.4) is 0 Å². The normalized spacial score (nSPS) is 11.1. The van der Waals surface area contributed by atoms with Gasteiger partial charge in [0.2, 0.25) is 0 Å². The van der Waals surface area contributed by atoms with E-state index in [1.54, 1.807) is 24.5 Å². The number of nitrogens with one attached hydrogen (secondary N) is 1. The van der Waals surface area contributed by atoms with Crippen LogP contribution in [0.1, 0.15) is 5.56 Å². The predicted molar refractivity (Wildman–Crippen MR) is 74.1 cm³/mol. The molecule has 5 heteroatoms. The first kappa shape index (κ1) is 11.5. The number of rotatable bonds is 1. The molecule has 0 radical (unpaired) electrons. The lowest BCUT2D eigenvalue weighted by Gasteiger charge is -1.96. The Morgan fingerprint density at radius 2 is 1.83 bits per heavy atom. The summed E-state index contributed by atoms with van der Waals surface area (Å²) in [6.07, 6.45) is 3.58. The van der Waals surface area contributed by atoms with Crippen LogP contribution in [0.25, 0.3) is 22.4 Å². The van der Waals surface area contributed by atoms with Crippen LogP contribution in [0.15, 0.2) is 30.6 Å². The zero-order chi connectivity index (χ0) is 12.7. The number of nitrogens with zero attached hydrogens (tertiary/aromatic N) is 2. The van der Waals surface area contributed by atoms with Gasteiger partial charge in [0.25, 0.3) is 0 Å². The van der Waals surface area contributed by atoms with Gasteiger partial charge in [-0.15, -0.1) is 0 Å². The maximum Gasteiger partial charge on any atom is 0.140 e. The van der Waals surface area contributed by atoms with Crippen molar-refractivity contribution in [3.63, 3.8) is 0 Å². The highest BCUT2D eigenvalue weighted by molar-refractivity contribution is 6.42. The van der Waals surface area contributed by atoms with Crippen LogP contribution in [-0.4, -0.2) is 15.0 Å². The summed E-state index contributed by atoms with van der Waals surface area (Å²) >= 11 is 11.9. The molecule has 1 aromatic carbocycles. The van der Waals surface area contributed by atoms with Gasteiger partial charge in [-0.2, -0.15) is 0 Å². The third-order valence-electron chi connectivity index (χ3n) is 2.67. The van der Waals surface area contributed by atoms with E-state index in [0.29, 0.717) is 10.0 Å². The highest BCUT2D eigenvalue weighted by Crippen LogP contribution is 2.28. The van der Waals surface area contributed by atoms with Crippen molar-refractivity contribution < 1.29 is 0 Å². The van der Waals surface area contributed by atoms with Crippen LogP contribution in [0.2, 0.25) is 10.0 Å². The fraction of sp³-hybridized carbons (Fsp3) is 0.0769. The molecule has 0 bridgehead atoms. The van der Waals surface area contributed by atoms with E-state index in [9.17, 15) is 0 Å². The number of halogens is 2. The second kappa shape index (κ2) is 4.26. The van der Waals surface area contributed by atoms with Gasteiger partial charge in [0.15, 0.2) is 0 Å². The number of aromatic amines is 1. The Balaban J connectivity index is 2.19. The average molecular weight is 278 g/mol. The van der Waals surface area contributed by atoms with E-state index in [4.69, 9.17) is 23.2 Å². The summed E-state index contributed by atoms with van der Waals surface area (Å²) < 4.78 is 0. The number of pyridine rings is 1. The Kier molecular flexibility index (Phi) is 2.73. The quantitative estimate of drug-likeness (QED) is 0.723. The molecule has 3 aromatic rings. The topological polar surface area (TPSA) is 41.6 Å². The molecular weight excluding hydrogens is 269 g/mol. The van der Waals surface area contributed by atoms with E-state index in [1.807, 2.05) is 13.0 Å². The first-order valence-corrected chi connectivity index (χ1v) is 6.16. The molecule has 18 heavy (non-hydrogen) atoms. The minimum atomic E-state index is 0.504. The highest BCUT2D eigenvalue weighted by Gasteiger charge is 2.08. The van der Waals surface area contributed by atoms with Gasteiger partial charge >= 0.3 is 0 Å². The van der Waals surface area contributed by atoms with Crippen LogP contribution in [0, 0.1) is 6.92 Å². The number of H-pyrrole nitrogens is 1. The van der Waals surface area contributed by atoms with Crippen LogP contribution in [-0.2, 0) is 0 Å². The standard InChI is InChI=1S/C13H9Cl2N3/c1-7-2-8(6-16-5-7)13-17-11-3-9(14)10(15)4-12(11)18-13/h2-6H,1H3,(H,17,18). The van der Waals surface area contributed by atoms with Crippen molar-refractivity contribution in [2.75, 3.05) is 0 Å². The van der Waals surface area contributed by atoms with Crippen LogP contribution < -0.4 is 0 Å². The van der Waals surface area contributed by atoms with Crippen molar-refractivity contribution in [1.29, 1.82) is 0 Å². The largest absolute Gasteiger partial charge is 0.338 e. The molecule has 0 unspecified atom stereocenters. The van der Waals surface area contributed by atoms with Crippen LogP contribution in [0.5, 0.6) is 0 Å². The molecule has 0 saturated carbocycles. The fourth-order valence-electron chi connectivity index (χ4n) is 1.83. The smallest absolute Gasteiger partial charge is 0.140 e. The fourth-order valence-corrected chi connectivity index (χ4v) is 2.15. The van der Waals surface area contributed by atoms with Gasteiger partial charge in [-0.25, -0.2) is 4.98 Å². The van der Waals surface area contributed by atoms with Gasteiger partial charge in [0.05, 0.1) is 21.1 Å².